The molecule has 0 fully saturated rings. The van der Waals surface area contributed by atoms with Crippen LogP contribution in [0.15, 0.2) is 29.4 Å². The molecule has 2 aromatic rings. The van der Waals surface area contributed by atoms with Crippen LogP contribution in [0.3, 0.4) is 0 Å². The van der Waals surface area contributed by atoms with Gasteiger partial charge in [0.05, 0.1) is 5.60 Å². The van der Waals surface area contributed by atoms with Gasteiger partial charge in [0.2, 0.25) is 0 Å². The van der Waals surface area contributed by atoms with Gasteiger partial charge in [-0.2, -0.15) is 4.31 Å². The molecule has 0 atom stereocenters. The summed E-state index contributed by atoms with van der Waals surface area (Å²) in [4.78, 5) is 4.06. The molecular formula is C13H20N4O3S. The second-order valence-corrected chi connectivity index (χ2v) is 7.33. The first-order chi connectivity index (χ1) is 9.66. The lowest BCUT2D eigenvalue weighted by Gasteiger charge is -2.27. The van der Waals surface area contributed by atoms with Crippen molar-refractivity contribution >= 4 is 21.5 Å². The molecule has 2 heterocycles. The topological polar surface area (TPSA) is 101 Å². The van der Waals surface area contributed by atoms with E-state index in [0.717, 1.165) is 0 Å². The highest BCUT2D eigenvalue weighted by Crippen LogP contribution is 2.24. The summed E-state index contributed by atoms with van der Waals surface area (Å²) in [5.74, 6) is -0.0459. The molecule has 0 saturated carbocycles. The average Bonchev–Trinajstić information content (AvgIpc) is 2.71. The minimum absolute atomic E-state index is 0.0225. The minimum atomic E-state index is -3.85. The predicted octanol–water partition coefficient (Wildman–Crippen LogP) is 0.698. The number of hydrogen-bond acceptors (Lipinski definition) is 5. The van der Waals surface area contributed by atoms with Crippen molar-refractivity contribution in [2.45, 2.75) is 31.4 Å². The van der Waals surface area contributed by atoms with Crippen molar-refractivity contribution in [2.75, 3.05) is 18.8 Å². The summed E-state index contributed by atoms with van der Waals surface area (Å²) in [5, 5.41) is 9.84. The van der Waals surface area contributed by atoms with Crippen LogP contribution >= 0.6 is 0 Å². The van der Waals surface area contributed by atoms with E-state index < -0.39 is 15.6 Å². The number of sulfonamides is 1. The number of fused-ring (bicyclic) bond motifs is 1. The molecule has 7 nitrogen and oxygen atoms in total. The van der Waals surface area contributed by atoms with Crippen LogP contribution in [0.2, 0.25) is 0 Å². The second-order valence-electron chi connectivity index (χ2n) is 5.47. The zero-order valence-corrected chi connectivity index (χ0v) is 13.1. The Labute approximate surface area is 124 Å². The molecule has 3 N–H and O–H groups in total. The summed E-state index contributed by atoms with van der Waals surface area (Å²) in [6, 6.07) is 5.15. The smallest absolute Gasteiger partial charge is 0.262 e. The van der Waals surface area contributed by atoms with Crippen molar-refractivity contribution in [1.82, 2.24) is 13.7 Å². The maximum Gasteiger partial charge on any atom is 0.262 e. The van der Waals surface area contributed by atoms with Gasteiger partial charge in [-0.1, -0.05) is 13.0 Å². The molecule has 0 bridgehead atoms. The Morgan fingerprint density at radius 2 is 2.10 bits per heavy atom. The summed E-state index contributed by atoms with van der Waals surface area (Å²) in [6.07, 6.45) is 1.60. The standard InChI is InChI=1S/C13H20N4O3S/c1-4-16(9-13(2,3)18)21(19,20)12-11(14)15-10-7-5-6-8-17(10)12/h5-8,18H,4,9,14H2,1-3H3. The Kier molecular flexibility index (Phi) is 3.96. The number of imidazole rings is 1. The monoisotopic (exact) mass is 312 g/mol. The fourth-order valence-electron chi connectivity index (χ4n) is 2.17. The third-order valence-electron chi connectivity index (χ3n) is 3.01. The van der Waals surface area contributed by atoms with E-state index in [9.17, 15) is 13.5 Å². The number of hydrogen-bond donors (Lipinski definition) is 2. The van der Waals surface area contributed by atoms with Crippen LogP contribution in [0.5, 0.6) is 0 Å². The van der Waals surface area contributed by atoms with Gasteiger partial charge in [0.15, 0.2) is 10.8 Å². The number of aromatic nitrogens is 2. The molecule has 0 amide bonds. The van der Waals surface area contributed by atoms with E-state index in [0.29, 0.717) is 5.65 Å². The van der Waals surface area contributed by atoms with E-state index >= 15 is 0 Å². The van der Waals surface area contributed by atoms with E-state index in [1.165, 1.54) is 8.71 Å². The highest BCUT2D eigenvalue weighted by Gasteiger charge is 2.32. The van der Waals surface area contributed by atoms with Crippen LogP contribution in [-0.2, 0) is 10.0 Å². The van der Waals surface area contributed by atoms with Gasteiger partial charge in [0.25, 0.3) is 10.0 Å². The van der Waals surface area contributed by atoms with Gasteiger partial charge in [-0.3, -0.25) is 4.40 Å². The van der Waals surface area contributed by atoms with Gasteiger partial charge in [-0.15, -0.1) is 0 Å². The molecule has 0 radical (unpaired) electrons. The summed E-state index contributed by atoms with van der Waals surface area (Å²) in [7, 11) is -3.85. The normalized spacial score (nSPS) is 13.2. The molecule has 0 saturated heterocycles. The third-order valence-corrected chi connectivity index (χ3v) is 4.97. The zero-order valence-electron chi connectivity index (χ0n) is 12.3. The number of nitrogen functional groups attached to an aromatic ring is 1. The van der Waals surface area contributed by atoms with E-state index in [4.69, 9.17) is 5.73 Å². The number of likely N-dealkylation sites (N-methyl/N-ethyl adjacent to an activating group) is 1. The van der Waals surface area contributed by atoms with Gasteiger partial charge in [-0.05, 0) is 26.0 Å². The molecule has 2 aromatic heterocycles. The Morgan fingerprint density at radius 1 is 1.43 bits per heavy atom. The lowest BCUT2D eigenvalue weighted by Crippen LogP contribution is -2.42. The molecule has 0 aliphatic heterocycles. The molecule has 0 unspecified atom stereocenters. The molecular weight excluding hydrogens is 292 g/mol. The minimum Gasteiger partial charge on any atom is -0.389 e. The fraction of sp³-hybridized carbons (Fsp3) is 0.462. The molecule has 0 aliphatic carbocycles. The van der Waals surface area contributed by atoms with Crippen LogP contribution in [0.4, 0.5) is 5.82 Å². The van der Waals surface area contributed by atoms with Gasteiger partial charge in [0, 0.05) is 19.3 Å². The van der Waals surface area contributed by atoms with Crippen LogP contribution in [0, 0.1) is 0 Å². The lowest BCUT2D eigenvalue weighted by atomic mass is 10.1. The Hall–Kier alpha value is -1.64. The molecule has 0 aromatic carbocycles. The van der Waals surface area contributed by atoms with E-state index in [1.54, 1.807) is 45.2 Å². The van der Waals surface area contributed by atoms with Gasteiger partial charge >= 0.3 is 0 Å². The van der Waals surface area contributed by atoms with Crippen molar-refractivity contribution in [2.24, 2.45) is 0 Å². The number of pyridine rings is 1. The van der Waals surface area contributed by atoms with E-state index in [1.807, 2.05) is 0 Å². The first-order valence-electron chi connectivity index (χ1n) is 6.62. The van der Waals surface area contributed by atoms with Crippen molar-refractivity contribution in [3.05, 3.63) is 24.4 Å². The van der Waals surface area contributed by atoms with Crippen molar-refractivity contribution in [3.63, 3.8) is 0 Å². The molecule has 21 heavy (non-hydrogen) atoms. The summed E-state index contributed by atoms with van der Waals surface area (Å²) in [6.45, 7) is 5.03. The zero-order chi connectivity index (χ0) is 15.8. The highest BCUT2D eigenvalue weighted by molar-refractivity contribution is 7.89. The van der Waals surface area contributed by atoms with Gasteiger partial charge < -0.3 is 10.8 Å². The maximum atomic E-state index is 12.8. The highest BCUT2D eigenvalue weighted by atomic mass is 32.2. The number of aliphatic hydroxyl groups is 1. The van der Waals surface area contributed by atoms with Gasteiger partial charge in [0.1, 0.15) is 5.65 Å². The summed E-state index contributed by atoms with van der Waals surface area (Å²) in [5.41, 5.74) is 5.12. The molecule has 0 spiro atoms. The van der Waals surface area contributed by atoms with Gasteiger partial charge in [-0.25, -0.2) is 13.4 Å². The Bertz CT molecular complexity index is 746. The quantitative estimate of drug-likeness (QED) is 0.846. The van der Waals surface area contributed by atoms with E-state index in [2.05, 4.69) is 4.98 Å². The van der Waals surface area contributed by atoms with E-state index in [-0.39, 0.29) is 23.9 Å². The largest absolute Gasteiger partial charge is 0.389 e. The SMILES string of the molecule is CCN(CC(C)(C)O)S(=O)(=O)c1c(N)nc2ccccn12. The summed E-state index contributed by atoms with van der Waals surface area (Å²) >= 11 is 0. The molecule has 0 aliphatic rings. The number of nitrogens with two attached hydrogens (primary N) is 1. The van der Waals surface area contributed by atoms with Crippen LogP contribution in [0.1, 0.15) is 20.8 Å². The fourth-order valence-corrected chi connectivity index (χ4v) is 3.95. The lowest BCUT2D eigenvalue weighted by molar-refractivity contribution is 0.0601. The number of rotatable bonds is 5. The Morgan fingerprint density at radius 3 is 2.67 bits per heavy atom. The van der Waals surface area contributed by atoms with Crippen LogP contribution < -0.4 is 5.73 Å². The van der Waals surface area contributed by atoms with Crippen molar-refractivity contribution in [1.29, 1.82) is 0 Å². The van der Waals surface area contributed by atoms with Crippen molar-refractivity contribution in [3.8, 4) is 0 Å². The second kappa shape index (κ2) is 5.28. The van der Waals surface area contributed by atoms with Crippen LogP contribution in [-0.4, -0.2) is 45.9 Å². The number of nitrogens with zero attached hydrogens (tertiary/aromatic N) is 3. The molecule has 8 heteroatoms. The predicted molar refractivity (Wildman–Crippen MR) is 80.3 cm³/mol. The molecule has 2 rings (SSSR count). The summed E-state index contributed by atoms with van der Waals surface area (Å²) < 4.78 is 28.3. The average molecular weight is 312 g/mol. The maximum absolute atomic E-state index is 12.8. The van der Waals surface area contributed by atoms with Crippen molar-refractivity contribution < 1.29 is 13.5 Å². The van der Waals surface area contributed by atoms with Crippen LogP contribution in [0.25, 0.3) is 5.65 Å². The Balaban J connectivity index is 2.58. The third kappa shape index (κ3) is 3.02. The number of anilines is 1. The first kappa shape index (κ1) is 15.7. The first-order valence-corrected chi connectivity index (χ1v) is 8.06. The molecule has 116 valence electrons.